The fourth-order valence-corrected chi connectivity index (χ4v) is 3.03. The van der Waals surface area contributed by atoms with Crippen molar-refractivity contribution in [3.63, 3.8) is 0 Å². The molecule has 3 aromatic carbocycles. The van der Waals surface area contributed by atoms with Crippen LogP contribution in [0.1, 0.15) is 22.8 Å². The summed E-state index contributed by atoms with van der Waals surface area (Å²) in [4.78, 5) is 25.5. The van der Waals surface area contributed by atoms with Gasteiger partial charge in [0.05, 0.1) is 12.8 Å². The van der Waals surface area contributed by atoms with Crippen LogP contribution in [0, 0.1) is 13.8 Å². The van der Waals surface area contributed by atoms with Gasteiger partial charge >= 0.3 is 5.97 Å². The van der Waals surface area contributed by atoms with Gasteiger partial charge in [0, 0.05) is 5.56 Å². The number of methoxy groups -OCH3 is 1. The van der Waals surface area contributed by atoms with E-state index in [1.807, 2.05) is 44.2 Å². The fraction of sp³-hybridized carbons (Fsp3) is 0.200. The summed E-state index contributed by atoms with van der Waals surface area (Å²) >= 11 is 0. The quantitative estimate of drug-likeness (QED) is 0.540. The number of rotatable bonds is 8. The standard InChI is InChI=1S/C25H25NO5/c1-17-8-7-11-20(14-17)30-16-23(27)31-24(19-9-5-4-6-10-19)25(28)26-21-15-18(2)12-13-22(21)29-3/h4-15,24H,16H2,1-3H3,(H,26,28)/t24-/m0/s1. The Morgan fingerprint density at radius 1 is 0.903 bits per heavy atom. The Labute approximate surface area is 181 Å². The van der Waals surface area contributed by atoms with Crippen molar-refractivity contribution < 1.29 is 23.8 Å². The second-order valence-corrected chi connectivity index (χ2v) is 7.08. The van der Waals surface area contributed by atoms with Crippen LogP contribution in [0.4, 0.5) is 5.69 Å². The molecule has 0 saturated carbocycles. The summed E-state index contributed by atoms with van der Waals surface area (Å²) in [5, 5.41) is 2.81. The van der Waals surface area contributed by atoms with Crippen LogP contribution in [0.25, 0.3) is 0 Å². The van der Waals surface area contributed by atoms with Gasteiger partial charge in [-0.25, -0.2) is 4.79 Å². The molecule has 0 saturated heterocycles. The smallest absolute Gasteiger partial charge is 0.345 e. The Hall–Kier alpha value is -3.80. The third kappa shape index (κ3) is 6.09. The van der Waals surface area contributed by atoms with Gasteiger partial charge in [0.2, 0.25) is 6.10 Å². The Bertz CT molecular complexity index is 1050. The summed E-state index contributed by atoms with van der Waals surface area (Å²) in [6.45, 7) is 3.53. The van der Waals surface area contributed by atoms with Crippen LogP contribution < -0.4 is 14.8 Å². The molecular formula is C25H25NO5. The van der Waals surface area contributed by atoms with Gasteiger partial charge in [0.15, 0.2) is 6.61 Å². The molecule has 0 aromatic heterocycles. The average Bonchev–Trinajstić information content (AvgIpc) is 2.77. The van der Waals surface area contributed by atoms with Gasteiger partial charge in [-0.15, -0.1) is 0 Å². The van der Waals surface area contributed by atoms with Crippen LogP contribution in [0.2, 0.25) is 0 Å². The molecule has 0 aliphatic heterocycles. The van der Waals surface area contributed by atoms with Crippen molar-refractivity contribution in [1.82, 2.24) is 0 Å². The van der Waals surface area contributed by atoms with E-state index in [1.165, 1.54) is 7.11 Å². The van der Waals surface area contributed by atoms with Gasteiger partial charge in [-0.2, -0.15) is 0 Å². The van der Waals surface area contributed by atoms with Crippen molar-refractivity contribution in [3.05, 3.63) is 89.5 Å². The highest BCUT2D eigenvalue weighted by Crippen LogP contribution is 2.28. The molecule has 0 fully saturated rings. The zero-order valence-electron chi connectivity index (χ0n) is 17.8. The number of carbonyl (C=O) groups is 2. The molecule has 0 bridgehead atoms. The Morgan fingerprint density at radius 2 is 1.65 bits per heavy atom. The number of hydrogen-bond donors (Lipinski definition) is 1. The second-order valence-electron chi connectivity index (χ2n) is 7.08. The lowest BCUT2D eigenvalue weighted by atomic mass is 10.1. The first-order chi connectivity index (χ1) is 15.0. The first kappa shape index (κ1) is 21.9. The largest absolute Gasteiger partial charge is 0.495 e. The van der Waals surface area contributed by atoms with Gasteiger partial charge in [-0.3, -0.25) is 4.79 Å². The first-order valence-electron chi connectivity index (χ1n) is 9.85. The van der Waals surface area contributed by atoms with Crippen molar-refractivity contribution in [1.29, 1.82) is 0 Å². The molecule has 31 heavy (non-hydrogen) atoms. The monoisotopic (exact) mass is 419 g/mol. The van der Waals surface area contributed by atoms with Crippen molar-refractivity contribution >= 4 is 17.6 Å². The molecule has 0 radical (unpaired) electrons. The number of amides is 1. The van der Waals surface area contributed by atoms with Crippen LogP contribution in [0.3, 0.4) is 0 Å². The highest BCUT2D eigenvalue weighted by Gasteiger charge is 2.26. The van der Waals surface area contributed by atoms with Crippen LogP contribution in [-0.2, 0) is 14.3 Å². The molecule has 6 nitrogen and oxygen atoms in total. The van der Waals surface area contributed by atoms with Crippen LogP contribution in [0.15, 0.2) is 72.8 Å². The Kier molecular flexibility index (Phi) is 7.27. The number of aryl methyl sites for hydroxylation is 2. The Morgan fingerprint density at radius 3 is 2.35 bits per heavy atom. The third-order valence-electron chi connectivity index (χ3n) is 4.55. The number of anilines is 1. The van der Waals surface area contributed by atoms with Crippen molar-refractivity contribution in [2.45, 2.75) is 20.0 Å². The number of ether oxygens (including phenoxy) is 3. The van der Waals surface area contributed by atoms with Gasteiger partial charge in [0.1, 0.15) is 11.5 Å². The maximum Gasteiger partial charge on any atom is 0.345 e. The highest BCUT2D eigenvalue weighted by molar-refractivity contribution is 5.97. The minimum absolute atomic E-state index is 0.312. The lowest BCUT2D eigenvalue weighted by Gasteiger charge is -2.19. The van der Waals surface area contributed by atoms with E-state index in [4.69, 9.17) is 14.2 Å². The lowest BCUT2D eigenvalue weighted by molar-refractivity contribution is -0.156. The molecule has 0 unspecified atom stereocenters. The predicted octanol–water partition coefficient (Wildman–Crippen LogP) is 4.61. The van der Waals surface area contributed by atoms with Gasteiger partial charge in [0.25, 0.3) is 5.91 Å². The van der Waals surface area contributed by atoms with E-state index in [1.54, 1.807) is 42.5 Å². The first-order valence-corrected chi connectivity index (χ1v) is 9.85. The molecule has 1 amide bonds. The molecule has 0 heterocycles. The fourth-order valence-electron chi connectivity index (χ4n) is 3.03. The summed E-state index contributed by atoms with van der Waals surface area (Å²) in [6, 6.07) is 21.6. The molecule has 3 rings (SSSR count). The molecule has 160 valence electrons. The lowest BCUT2D eigenvalue weighted by Crippen LogP contribution is -2.28. The summed E-state index contributed by atoms with van der Waals surface area (Å²) in [5.41, 5.74) is 3.02. The highest BCUT2D eigenvalue weighted by atomic mass is 16.6. The van der Waals surface area contributed by atoms with Crippen molar-refractivity contribution in [2.24, 2.45) is 0 Å². The van der Waals surface area contributed by atoms with Crippen LogP contribution in [0.5, 0.6) is 11.5 Å². The number of carbonyl (C=O) groups excluding carboxylic acids is 2. The summed E-state index contributed by atoms with van der Waals surface area (Å²) in [6.07, 6.45) is -1.14. The minimum Gasteiger partial charge on any atom is -0.495 e. The van der Waals surface area contributed by atoms with Crippen LogP contribution >= 0.6 is 0 Å². The van der Waals surface area contributed by atoms with Crippen molar-refractivity contribution in [3.8, 4) is 11.5 Å². The maximum atomic E-state index is 13.1. The molecular weight excluding hydrogens is 394 g/mol. The summed E-state index contributed by atoms with van der Waals surface area (Å²) < 4.78 is 16.3. The summed E-state index contributed by atoms with van der Waals surface area (Å²) in [5.74, 6) is -0.0669. The number of nitrogens with one attached hydrogen (secondary N) is 1. The van der Waals surface area contributed by atoms with E-state index in [-0.39, 0.29) is 6.61 Å². The van der Waals surface area contributed by atoms with Gasteiger partial charge in [-0.1, -0.05) is 48.5 Å². The van der Waals surface area contributed by atoms with E-state index in [9.17, 15) is 9.59 Å². The van der Waals surface area contributed by atoms with E-state index in [0.29, 0.717) is 22.7 Å². The maximum absolute atomic E-state index is 13.1. The van der Waals surface area contributed by atoms with Gasteiger partial charge in [-0.05, 0) is 49.2 Å². The number of esters is 1. The van der Waals surface area contributed by atoms with E-state index in [0.717, 1.165) is 11.1 Å². The SMILES string of the molecule is COc1ccc(C)cc1NC(=O)[C@@H](OC(=O)COc1cccc(C)c1)c1ccccc1. The van der Waals surface area contributed by atoms with Crippen LogP contribution in [-0.4, -0.2) is 25.6 Å². The third-order valence-corrected chi connectivity index (χ3v) is 4.55. The molecule has 0 aliphatic carbocycles. The van der Waals surface area contributed by atoms with E-state index < -0.39 is 18.0 Å². The zero-order valence-corrected chi connectivity index (χ0v) is 17.8. The molecule has 6 heteroatoms. The van der Waals surface area contributed by atoms with E-state index >= 15 is 0 Å². The normalized spacial score (nSPS) is 11.3. The molecule has 1 atom stereocenters. The topological polar surface area (TPSA) is 73.9 Å². The molecule has 0 aliphatic rings. The number of hydrogen-bond acceptors (Lipinski definition) is 5. The molecule has 0 spiro atoms. The number of benzene rings is 3. The molecule has 3 aromatic rings. The Balaban J connectivity index is 1.75. The second kappa shape index (κ2) is 10.3. The van der Waals surface area contributed by atoms with E-state index in [2.05, 4.69) is 5.32 Å². The zero-order chi connectivity index (χ0) is 22.2. The van der Waals surface area contributed by atoms with Gasteiger partial charge < -0.3 is 19.5 Å². The summed E-state index contributed by atoms with van der Waals surface area (Å²) in [7, 11) is 1.53. The van der Waals surface area contributed by atoms with Crippen molar-refractivity contribution in [2.75, 3.05) is 19.0 Å². The average molecular weight is 419 g/mol. The predicted molar refractivity (Wildman–Crippen MR) is 118 cm³/mol. The molecule has 1 N–H and O–H groups in total. The minimum atomic E-state index is -1.14.